The number of aromatic nitrogens is 2. The van der Waals surface area contributed by atoms with Gasteiger partial charge in [0, 0.05) is 18.0 Å². The largest absolute Gasteiger partial charge is 0.362 e. The molecule has 2 aromatic heterocycles. The van der Waals surface area contributed by atoms with Crippen molar-refractivity contribution in [2.24, 2.45) is 0 Å². The predicted octanol–water partition coefficient (Wildman–Crippen LogP) is 2.89. The summed E-state index contributed by atoms with van der Waals surface area (Å²) in [5.74, 6) is 1.44. The van der Waals surface area contributed by atoms with Crippen LogP contribution in [0.15, 0.2) is 22.0 Å². The summed E-state index contributed by atoms with van der Waals surface area (Å²) < 4.78 is 11.5. The average Bonchev–Trinajstić information content (AvgIpc) is 3.30. The number of likely N-dealkylation sites (tertiary alicyclic amines) is 1. The number of thiophene rings is 1. The van der Waals surface area contributed by atoms with E-state index in [-0.39, 0.29) is 17.6 Å². The Morgan fingerprint density at radius 2 is 2.25 bits per heavy atom. The fraction of sp³-hybridized carbons (Fsp3) is 0.588. The van der Waals surface area contributed by atoms with Gasteiger partial charge in [0.05, 0.1) is 12.0 Å². The van der Waals surface area contributed by atoms with E-state index in [4.69, 9.17) is 9.26 Å². The molecule has 0 aromatic carbocycles. The lowest BCUT2D eigenvalue weighted by Gasteiger charge is -2.39. The monoisotopic (exact) mass is 347 g/mol. The molecular formula is C17H21N3O3S. The molecule has 4 rings (SSSR count). The van der Waals surface area contributed by atoms with Crippen molar-refractivity contribution in [3.63, 3.8) is 0 Å². The molecule has 0 aliphatic carbocycles. The maximum atomic E-state index is 12.4. The molecule has 1 amide bonds. The van der Waals surface area contributed by atoms with Gasteiger partial charge in [-0.15, -0.1) is 11.3 Å². The van der Waals surface area contributed by atoms with E-state index in [2.05, 4.69) is 10.1 Å². The first-order valence-electron chi connectivity index (χ1n) is 8.42. The minimum Gasteiger partial charge on any atom is -0.362 e. The van der Waals surface area contributed by atoms with Crippen LogP contribution in [0.5, 0.6) is 0 Å². The molecule has 2 aliphatic heterocycles. The molecule has 0 bridgehead atoms. The minimum absolute atomic E-state index is 0.0976. The van der Waals surface area contributed by atoms with Crippen LogP contribution in [0.4, 0.5) is 0 Å². The molecule has 128 valence electrons. The fourth-order valence-electron chi connectivity index (χ4n) is 3.64. The van der Waals surface area contributed by atoms with Crippen molar-refractivity contribution in [1.82, 2.24) is 15.0 Å². The summed E-state index contributed by atoms with van der Waals surface area (Å²) in [6.07, 6.45) is 4.07. The minimum atomic E-state index is -0.132. The number of amides is 1. The third-order valence-corrected chi connectivity index (χ3v) is 5.88. The second-order valence-electron chi connectivity index (χ2n) is 6.64. The highest BCUT2D eigenvalue weighted by atomic mass is 32.1. The zero-order chi connectivity index (χ0) is 16.6. The van der Waals surface area contributed by atoms with Gasteiger partial charge in [-0.1, -0.05) is 11.2 Å². The summed E-state index contributed by atoms with van der Waals surface area (Å²) in [6.45, 7) is 3.34. The summed E-state index contributed by atoms with van der Waals surface area (Å²) in [6, 6.07) is 4.01. The Morgan fingerprint density at radius 3 is 2.92 bits per heavy atom. The normalized spacial score (nSPS) is 23.0. The van der Waals surface area contributed by atoms with E-state index in [1.165, 1.54) is 0 Å². The van der Waals surface area contributed by atoms with Crippen molar-refractivity contribution < 1.29 is 14.1 Å². The molecule has 7 heteroatoms. The van der Waals surface area contributed by atoms with Gasteiger partial charge in [-0.05, 0) is 44.1 Å². The van der Waals surface area contributed by atoms with E-state index < -0.39 is 0 Å². The maximum absolute atomic E-state index is 12.4. The Morgan fingerprint density at radius 1 is 1.42 bits per heavy atom. The first kappa shape index (κ1) is 15.8. The van der Waals surface area contributed by atoms with Gasteiger partial charge >= 0.3 is 0 Å². The number of hydrogen-bond acceptors (Lipinski definition) is 6. The highest BCUT2D eigenvalue weighted by molar-refractivity contribution is 7.10. The number of ether oxygens (including phenoxy) is 1. The third-order valence-electron chi connectivity index (χ3n) is 5.01. The number of nitrogens with zero attached hydrogens (tertiary/aromatic N) is 3. The van der Waals surface area contributed by atoms with Gasteiger partial charge in [0.15, 0.2) is 5.82 Å². The number of piperidine rings is 1. The van der Waals surface area contributed by atoms with Crippen LogP contribution in [0.1, 0.15) is 48.4 Å². The molecule has 6 nitrogen and oxygen atoms in total. The molecule has 0 unspecified atom stereocenters. The van der Waals surface area contributed by atoms with Crippen LogP contribution in [-0.2, 0) is 16.0 Å². The van der Waals surface area contributed by atoms with E-state index in [1.54, 1.807) is 11.3 Å². The van der Waals surface area contributed by atoms with E-state index >= 15 is 0 Å². The highest BCUT2D eigenvalue weighted by Crippen LogP contribution is 2.44. The molecule has 0 saturated carbocycles. The second kappa shape index (κ2) is 6.29. The lowest BCUT2D eigenvalue weighted by molar-refractivity contribution is -0.137. The standard InChI is InChI=1S/C17H21N3O3S/c1-12-18-16(23-19-12)14-4-5-17(22-14)6-8-20(9-7-17)15(21)11-13-3-2-10-24-13/h2-3,10,14H,4-9,11H2,1H3/t14-/m1/s1. The van der Waals surface area contributed by atoms with E-state index in [9.17, 15) is 4.79 Å². The van der Waals surface area contributed by atoms with E-state index in [0.29, 0.717) is 18.1 Å². The maximum Gasteiger partial charge on any atom is 0.255 e. The van der Waals surface area contributed by atoms with Crippen molar-refractivity contribution in [3.8, 4) is 0 Å². The molecule has 1 atom stereocenters. The molecule has 0 N–H and O–H groups in total. The van der Waals surface area contributed by atoms with Crippen LogP contribution in [0, 0.1) is 6.92 Å². The van der Waals surface area contributed by atoms with Crippen LogP contribution < -0.4 is 0 Å². The van der Waals surface area contributed by atoms with Crippen molar-refractivity contribution in [1.29, 1.82) is 0 Å². The quantitative estimate of drug-likeness (QED) is 0.854. The highest BCUT2D eigenvalue weighted by Gasteiger charge is 2.45. The molecule has 24 heavy (non-hydrogen) atoms. The lowest BCUT2D eigenvalue weighted by Crippen LogP contribution is -2.46. The number of hydrogen-bond donors (Lipinski definition) is 0. The fourth-order valence-corrected chi connectivity index (χ4v) is 4.33. The topological polar surface area (TPSA) is 68.5 Å². The molecule has 2 aromatic rings. The second-order valence-corrected chi connectivity index (χ2v) is 7.68. The predicted molar refractivity (Wildman–Crippen MR) is 88.7 cm³/mol. The summed E-state index contributed by atoms with van der Waals surface area (Å²) in [4.78, 5) is 19.8. The van der Waals surface area contributed by atoms with E-state index in [1.807, 2.05) is 29.3 Å². The Hall–Kier alpha value is -1.73. The Bertz CT molecular complexity index is 704. The van der Waals surface area contributed by atoms with Gasteiger partial charge in [-0.25, -0.2) is 0 Å². The van der Waals surface area contributed by atoms with Crippen LogP contribution in [0.25, 0.3) is 0 Å². The Kier molecular flexibility index (Phi) is 4.14. The smallest absolute Gasteiger partial charge is 0.255 e. The van der Waals surface area contributed by atoms with Gasteiger partial charge in [0.1, 0.15) is 6.10 Å². The molecule has 1 spiro atoms. The van der Waals surface area contributed by atoms with Crippen LogP contribution in [0.3, 0.4) is 0 Å². The number of carbonyl (C=O) groups is 1. The van der Waals surface area contributed by atoms with Gasteiger partial charge in [-0.2, -0.15) is 4.98 Å². The van der Waals surface area contributed by atoms with Crippen LogP contribution >= 0.6 is 11.3 Å². The van der Waals surface area contributed by atoms with Crippen molar-refractivity contribution in [2.45, 2.75) is 50.7 Å². The summed E-state index contributed by atoms with van der Waals surface area (Å²) in [5, 5.41) is 5.86. The van der Waals surface area contributed by atoms with Crippen LogP contribution in [-0.4, -0.2) is 39.6 Å². The van der Waals surface area contributed by atoms with Crippen LogP contribution in [0.2, 0.25) is 0 Å². The van der Waals surface area contributed by atoms with Crippen molar-refractivity contribution in [2.75, 3.05) is 13.1 Å². The molecule has 4 heterocycles. The molecule has 2 saturated heterocycles. The van der Waals surface area contributed by atoms with Crippen molar-refractivity contribution >= 4 is 17.2 Å². The Balaban J connectivity index is 1.33. The van der Waals surface area contributed by atoms with Crippen molar-refractivity contribution in [3.05, 3.63) is 34.1 Å². The van der Waals surface area contributed by atoms with E-state index in [0.717, 1.165) is 43.6 Å². The molecule has 2 fully saturated rings. The van der Waals surface area contributed by atoms with Gasteiger partial charge < -0.3 is 14.2 Å². The number of carbonyl (C=O) groups excluding carboxylic acids is 1. The number of aryl methyl sites for hydroxylation is 1. The Labute approximate surface area is 144 Å². The first-order valence-corrected chi connectivity index (χ1v) is 9.30. The molecule has 2 aliphatic rings. The first-order chi connectivity index (χ1) is 11.6. The van der Waals surface area contributed by atoms with Gasteiger partial charge in [0.25, 0.3) is 5.89 Å². The number of rotatable bonds is 3. The molecule has 0 radical (unpaired) electrons. The lowest BCUT2D eigenvalue weighted by atomic mass is 9.88. The zero-order valence-electron chi connectivity index (χ0n) is 13.7. The van der Waals surface area contributed by atoms with Gasteiger partial charge in [0.2, 0.25) is 5.91 Å². The van der Waals surface area contributed by atoms with Gasteiger partial charge in [-0.3, -0.25) is 4.79 Å². The average molecular weight is 347 g/mol. The SMILES string of the molecule is Cc1noc([C@H]2CCC3(CCN(C(=O)Cc4cccs4)CC3)O2)n1. The summed E-state index contributed by atoms with van der Waals surface area (Å²) in [7, 11) is 0. The third kappa shape index (κ3) is 3.10. The zero-order valence-corrected chi connectivity index (χ0v) is 14.6. The summed E-state index contributed by atoms with van der Waals surface area (Å²) >= 11 is 1.64. The summed E-state index contributed by atoms with van der Waals surface area (Å²) in [5.41, 5.74) is -0.132. The molecular weight excluding hydrogens is 326 g/mol.